The van der Waals surface area contributed by atoms with Gasteiger partial charge in [0.05, 0.1) is 18.6 Å². The van der Waals surface area contributed by atoms with Gasteiger partial charge in [0.15, 0.2) is 0 Å². The molecule has 88 valence electrons. The number of hydrogen-bond donors (Lipinski definition) is 1. The summed E-state index contributed by atoms with van der Waals surface area (Å²) in [5, 5.41) is 10.3. The van der Waals surface area contributed by atoms with Crippen LogP contribution in [0.4, 0.5) is 0 Å². The second-order valence-electron chi connectivity index (χ2n) is 4.81. The molecule has 4 heteroatoms. The van der Waals surface area contributed by atoms with Gasteiger partial charge in [0.1, 0.15) is 0 Å². The van der Waals surface area contributed by atoms with E-state index in [1.165, 1.54) is 0 Å². The van der Waals surface area contributed by atoms with Crippen molar-refractivity contribution in [1.29, 1.82) is 0 Å². The van der Waals surface area contributed by atoms with Crippen molar-refractivity contribution < 1.29 is 9.52 Å². The van der Waals surface area contributed by atoms with Gasteiger partial charge in [0.25, 0.3) is 0 Å². The lowest BCUT2D eigenvalue weighted by atomic mass is 9.98. The maximum Gasteiger partial charge on any atom is 0.0935 e. The first-order chi connectivity index (χ1) is 7.83. The van der Waals surface area contributed by atoms with Gasteiger partial charge in [-0.2, -0.15) is 0 Å². The average Bonchev–Trinajstić information content (AvgIpc) is 2.83. The van der Waals surface area contributed by atoms with Gasteiger partial charge in [-0.3, -0.25) is 9.80 Å². The Morgan fingerprint density at radius 2 is 2.19 bits per heavy atom. The summed E-state index contributed by atoms with van der Waals surface area (Å²) in [4.78, 5) is 4.87. The fourth-order valence-electron chi connectivity index (χ4n) is 2.81. The third-order valence-corrected chi connectivity index (χ3v) is 3.79. The lowest BCUT2D eigenvalue weighted by Crippen LogP contribution is -2.64. The van der Waals surface area contributed by atoms with Gasteiger partial charge in [0, 0.05) is 45.2 Å². The molecule has 4 rings (SSSR count). The number of rotatable bonds is 3. The number of furan rings is 1. The third kappa shape index (κ3) is 1.88. The first kappa shape index (κ1) is 10.3. The summed E-state index contributed by atoms with van der Waals surface area (Å²) in [6, 6.07) is 2.23. The number of piperazine rings is 3. The zero-order valence-electron chi connectivity index (χ0n) is 9.38. The van der Waals surface area contributed by atoms with E-state index in [1.54, 1.807) is 12.5 Å². The van der Waals surface area contributed by atoms with Crippen LogP contribution in [0.1, 0.15) is 5.56 Å². The highest BCUT2D eigenvalue weighted by molar-refractivity contribution is 5.08. The van der Waals surface area contributed by atoms with E-state index in [4.69, 9.17) is 4.42 Å². The van der Waals surface area contributed by atoms with Crippen molar-refractivity contribution in [3.8, 4) is 0 Å². The highest BCUT2D eigenvalue weighted by Crippen LogP contribution is 2.20. The molecule has 1 N–H and O–H groups in total. The van der Waals surface area contributed by atoms with Gasteiger partial charge in [0.2, 0.25) is 0 Å². The molecule has 16 heavy (non-hydrogen) atoms. The van der Waals surface area contributed by atoms with Crippen LogP contribution < -0.4 is 0 Å². The summed E-state index contributed by atoms with van der Waals surface area (Å²) < 4.78 is 5.03. The van der Waals surface area contributed by atoms with Crippen LogP contribution >= 0.6 is 0 Å². The lowest BCUT2D eigenvalue weighted by Gasteiger charge is -2.49. The molecular formula is C12H18N2O2. The topological polar surface area (TPSA) is 39.9 Å². The van der Waals surface area contributed by atoms with Gasteiger partial charge in [-0.1, -0.05) is 0 Å². The summed E-state index contributed by atoms with van der Waals surface area (Å²) in [5.74, 6) is 0. The molecule has 0 spiro atoms. The second-order valence-corrected chi connectivity index (χ2v) is 4.81. The quantitative estimate of drug-likeness (QED) is 0.792. The minimum atomic E-state index is -0.277. The Morgan fingerprint density at radius 3 is 2.75 bits per heavy atom. The summed E-state index contributed by atoms with van der Waals surface area (Å²) in [7, 11) is 0. The summed E-state index contributed by atoms with van der Waals surface area (Å²) in [6.45, 7) is 5.54. The molecule has 2 unspecified atom stereocenters. The molecular weight excluding hydrogens is 204 g/mol. The van der Waals surface area contributed by atoms with Crippen molar-refractivity contribution in [2.24, 2.45) is 0 Å². The highest BCUT2D eigenvalue weighted by Gasteiger charge is 2.35. The van der Waals surface area contributed by atoms with E-state index in [2.05, 4.69) is 9.80 Å². The number of fused-ring (bicyclic) bond motifs is 3. The predicted octanol–water partition coefficient (Wildman–Crippen LogP) is 0.183. The zero-order chi connectivity index (χ0) is 11.0. The van der Waals surface area contributed by atoms with Crippen molar-refractivity contribution in [1.82, 2.24) is 9.80 Å². The van der Waals surface area contributed by atoms with Gasteiger partial charge in [-0.15, -0.1) is 0 Å². The number of hydrogen-bond acceptors (Lipinski definition) is 4. The van der Waals surface area contributed by atoms with Crippen LogP contribution in [0.5, 0.6) is 0 Å². The average molecular weight is 222 g/mol. The molecule has 0 saturated carbocycles. The van der Waals surface area contributed by atoms with E-state index in [9.17, 15) is 5.11 Å². The summed E-state index contributed by atoms with van der Waals surface area (Å²) in [5.41, 5.74) is 1.09. The van der Waals surface area contributed by atoms with Crippen LogP contribution in [0.2, 0.25) is 0 Å². The standard InChI is InChI=1S/C12H18N2O2/c15-12(7-10-1-6-16-9-10)11-8-13-2-4-14(11)5-3-13/h1,6,9,11-12,15H,2-5,7-8H2. The molecule has 4 heterocycles. The van der Waals surface area contributed by atoms with Gasteiger partial charge in [-0.25, -0.2) is 0 Å². The molecule has 3 fully saturated rings. The molecule has 1 aromatic rings. The third-order valence-electron chi connectivity index (χ3n) is 3.79. The van der Waals surface area contributed by atoms with Crippen LogP contribution in [0.25, 0.3) is 0 Å². The van der Waals surface area contributed by atoms with Crippen molar-refractivity contribution in [2.75, 3.05) is 32.7 Å². The van der Waals surface area contributed by atoms with Crippen molar-refractivity contribution in [3.05, 3.63) is 24.2 Å². The fraction of sp³-hybridized carbons (Fsp3) is 0.667. The molecule has 3 saturated heterocycles. The van der Waals surface area contributed by atoms with E-state index in [0.717, 1.165) is 38.3 Å². The Morgan fingerprint density at radius 1 is 1.38 bits per heavy atom. The molecule has 1 aromatic heterocycles. The molecule has 0 aliphatic carbocycles. The van der Waals surface area contributed by atoms with Gasteiger partial charge >= 0.3 is 0 Å². The normalized spacial score (nSPS) is 35.2. The maximum absolute atomic E-state index is 10.3. The Labute approximate surface area is 95.4 Å². The highest BCUT2D eigenvalue weighted by atomic mass is 16.3. The molecule has 0 aromatic carbocycles. The van der Waals surface area contributed by atoms with Crippen molar-refractivity contribution >= 4 is 0 Å². The fourth-order valence-corrected chi connectivity index (χ4v) is 2.81. The molecule has 2 atom stereocenters. The first-order valence-corrected chi connectivity index (χ1v) is 5.98. The minimum absolute atomic E-state index is 0.277. The summed E-state index contributed by atoms with van der Waals surface area (Å²) in [6.07, 6.45) is 3.81. The van der Waals surface area contributed by atoms with Crippen LogP contribution in [-0.2, 0) is 6.42 Å². The predicted molar refractivity (Wildman–Crippen MR) is 60.2 cm³/mol. The van der Waals surface area contributed by atoms with E-state index in [-0.39, 0.29) is 6.10 Å². The van der Waals surface area contributed by atoms with Gasteiger partial charge < -0.3 is 9.52 Å². The molecule has 4 nitrogen and oxygen atoms in total. The number of aliphatic hydroxyl groups is 1. The number of nitrogens with zero attached hydrogens (tertiary/aromatic N) is 2. The second kappa shape index (κ2) is 4.20. The van der Waals surface area contributed by atoms with E-state index in [1.807, 2.05) is 6.07 Å². The van der Waals surface area contributed by atoms with Crippen LogP contribution in [0.15, 0.2) is 23.0 Å². The molecule has 2 bridgehead atoms. The Hall–Kier alpha value is -0.840. The van der Waals surface area contributed by atoms with E-state index >= 15 is 0 Å². The van der Waals surface area contributed by atoms with Crippen LogP contribution in [-0.4, -0.2) is 59.8 Å². The lowest BCUT2D eigenvalue weighted by molar-refractivity contribution is -0.0453. The van der Waals surface area contributed by atoms with Crippen LogP contribution in [0.3, 0.4) is 0 Å². The van der Waals surface area contributed by atoms with Crippen molar-refractivity contribution in [2.45, 2.75) is 18.6 Å². The first-order valence-electron chi connectivity index (χ1n) is 5.98. The Balaban J connectivity index is 1.64. The number of aliphatic hydroxyl groups excluding tert-OH is 1. The van der Waals surface area contributed by atoms with Crippen molar-refractivity contribution in [3.63, 3.8) is 0 Å². The molecule has 3 aliphatic heterocycles. The largest absolute Gasteiger partial charge is 0.472 e. The maximum atomic E-state index is 10.3. The minimum Gasteiger partial charge on any atom is -0.472 e. The SMILES string of the molecule is OC(Cc1ccoc1)C1CN2CCN1CC2. The van der Waals surface area contributed by atoms with Crippen LogP contribution in [0, 0.1) is 0 Å². The Bertz CT molecular complexity index is 331. The van der Waals surface area contributed by atoms with E-state index < -0.39 is 0 Å². The molecule has 0 radical (unpaired) electrons. The molecule has 0 amide bonds. The summed E-state index contributed by atoms with van der Waals surface area (Å²) >= 11 is 0. The Kier molecular flexibility index (Phi) is 2.71. The van der Waals surface area contributed by atoms with Gasteiger partial charge in [-0.05, 0) is 11.6 Å². The zero-order valence-corrected chi connectivity index (χ0v) is 9.38. The smallest absolute Gasteiger partial charge is 0.0935 e. The van der Waals surface area contributed by atoms with E-state index in [0.29, 0.717) is 12.5 Å². The monoisotopic (exact) mass is 222 g/mol. The molecule has 3 aliphatic rings.